The minimum absolute atomic E-state index is 0.0500. The Kier molecular flexibility index (Phi) is 8.32. The minimum atomic E-state index is -1.18. The first-order valence-electron chi connectivity index (χ1n) is 9.29. The Bertz CT molecular complexity index is 930. The van der Waals surface area contributed by atoms with Gasteiger partial charge in [0.1, 0.15) is 13.2 Å². The largest absolute Gasteiger partial charge is 0.486 e. The lowest BCUT2D eigenvalue weighted by Crippen LogP contribution is -2.29. The van der Waals surface area contributed by atoms with Crippen molar-refractivity contribution in [1.29, 1.82) is 0 Å². The van der Waals surface area contributed by atoms with Crippen molar-refractivity contribution in [3.05, 3.63) is 56.8 Å². The van der Waals surface area contributed by atoms with Gasteiger partial charge in [-0.2, -0.15) is 0 Å². The van der Waals surface area contributed by atoms with Crippen LogP contribution in [0.2, 0.25) is 10.0 Å². The van der Waals surface area contributed by atoms with Gasteiger partial charge in [0.2, 0.25) is 0 Å². The maximum atomic E-state index is 14.9. The normalized spacial score (nSPS) is 11.7. The summed E-state index contributed by atoms with van der Waals surface area (Å²) >= 11 is 12.4. The number of ether oxygens (including phenoxy) is 1. The molecule has 1 atom stereocenters. The maximum Gasteiger partial charge on any atom is 0.322 e. The number of halogens is 3. The van der Waals surface area contributed by atoms with Gasteiger partial charge in [0, 0.05) is 17.2 Å². The SMILES string of the molecule is CCC(C)Nc1cc(C)cc(COc2c(Cl)cc(C(=O)NCC(=O)O)cc2Cl)c1F. The van der Waals surface area contributed by atoms with Gasteiger partial charge in [0.05, 0.1) is 15.7 Å². The first-order chi connectivity index (χ1) is 14.1. The molecule has 30 heavy (non-hydrogen) atoms. The fraction of sp³-hybridized carbons (Fsp3) is 0.333. The Morgan fingerprint density at radius 2 is 1.83 bits per heavy atom. The smallest absolute Gasteiger partial charge is 0.322 e. The van der Waals surface area contributed by atoms with Crippen LogP contribution in [-0.4, -0.2) is 29.6 Å². The van der Waals surface area contributed by atoms with Gasteiger partial charge in [-0.05, 0) is 50.1 Å². The van der Waals surface area contributed by atoms with E-state index >= 15 is 0 Å². The average Bonchev–Trinajstić information content (AvgIpc) is 2.68. The van der Waals surface area contributed by atoms with Crippen molar-refractivity contribution in [2.24, 2.45) is 0 Å². The molecule has 9 heteroatoms. The van der Waals surface area contributed by atoms with Crippen LogP contribution in [0.3, 0.4) is 0 Å². The molecule has 0 fully saturated rings. The van der Waals surface area contributed by atoms with Gasteiger partial charge >= 0.3 is 5.97 Å². The lowest BCUT2D eigenvalue weighted by atomic mass is 10.1. The standard InChI is InChI=1S/C21H23Cl2FN2O4/c1-4-12(3)26-17-6-11(2)5-14(19(17)24)10-30-20-15(22)7-13(8-16(20)23)21(29)25-9-18(27)28/h5-8,12,26H,4,9-10H2,1-3H3,(H,25,29)(H,27,28). The molecule has 0 aromatic heterocycles. The molecule has 2 aromatic rings. The third-order valence-corrected chi connectivity index (χ3v) is 4.90. The molecule has 0 saturated heterocycles. The molecule has 0 heterocycles. The number of carboxylic acid groups (broad SMARTS) is 1. The predicted molar refractivity (Wildman–Crippen MR) is 115 cm³/mol. The second-order valence-corrected chi connectivity index (χ2v) is 7.69. The van der Waals surface area contributed by atoms with Crippen molar-refractivity contribution in [1.82, 2.24) is 5.32 Å². The van der Waals surface area contributed by atoms with E-state index in [0.29, 0.717) is 11.3 Å². The van der Waals surface area contributed by atoms with E-state index in [4.69, 9.17) is 33.0 Å². The van der Waals surface area contributed by atoms with Crippen molar-refractivity contribution < 1.29 is 23.8 Å². The van der Waals surface area contributed by atoms with E-state index < -0.39 is 24.2 Å². The highest BCUT2D eigenvalue weighted by atomic mass is 35.5. The number of nitrogens with one attached hydrogen (secondary N) is 2. The van der Waals surface area contributed by atoms with E-state index in [-0.39, 0.29) is 34.0 Å². The van der Waals surface area contributed by atoms with Crippen LogP contribution in [0.4, 0.5) is 10.1 Å². The summed E-state index contributed by atoms with van der Waals surface area (Å²) in [5.41, 5.74) is 1.67. The van der Waals surface area contributed by atoms with Crippen LogP contribution in [0.25, 0.3) is 0 Å². The van der Waals surface area contributed by atoms with Gasteiger partial charge in [-0.1, -0.05) is 30.1 Å². The molecule has 0 bridgehead atoms. The van der Waals surface area contributed by atoms with E-state index in [1.54, 1.807) is 12.1 Å². The predicted octanol–water partition coefficient (Wildman–Crippen LogP) is 5.04. The van der Waals surface area contributed by atoms with E-state index in [0.717, 1.165) is 12.0 Å². The molecule has 0 aliphatic rings. The van der Waals surface area contributed by atoms with Crippen LogP contribution in [0.5, 0.6) is 5.75 Å². The molecule has 162 valence electrons. The number of benzene rings is 2. The van der Waals surface area contributed by atoms with Crippen LogP contribution < -0.4 is 15.4 Å². The summed E-state index contributed by atoms with van der Waals surface area (Å²) in [5, 5.41) is 14.1. The molecular formula is C21H23Cl2FN2O4. The molecule has 0 saturated carbocycles. The fourth-order valence-corrected chi connectivity index (χ4v) is 3.25. The third-order valence-electron chi connectivity index (χ3n) is 4.34. The Labute approximate surface area is 184 Å². The van der Waals surface area contributed by atoms with Crippen molar-refractivity contribution in [3.63, 3.8) is 0 Å². The summed E-state index contributed by atoms with van der Waals surface area (Å²) in [6, 6.07) is 6.13. The summed E-state index contributed by atoms with van der Waals surface area (Å²) in [6.07, 6.45) is 0.844. The molecule has 0 radical (unpaired) electrons. The topological polar surface area (TPSA) is 87.7 Å². The van der Waals surface area contributed by atoms with Crippen molar-refractivity contribution in [2.75, 3.05) is 11.9 Å². The molecule has 6 nitrogen and oxygen atoms in total. The number of rotatable bonds is 9. The highest BCUT2D eigenvalue weighted by molar-refractivity contribution is 6.37. The van der Waals surface area contributed by atoms with Crippen molar-refractivity contribution >= 4 is 40.8 Å². The number of carbonyl (C=O) groups excluding carboxylic acids is 1. The lowest BCUT2D eigenvalue weighted by molar-refractivity contribution is -0.135. The quantitative estimate of drug-likeness (QED) is 0.491. The summed E-state index contributed by atoms with van der Waals surface area (Å²) in [4.78, 5) is 22.6. The number of carbonyl (C=O) groups is 2. The molecule has 1 unspecified atom stereocenters. The molecule has 0 spiro atoms. The van der Waals surface area contributed by atoms with E-state index in [1.165, 1.54) is 12.1 Å². The van der Waals surface area contributed by atoms with Gasteiger partial charge in [-0.25, -0.2) is 4.39 Å². The molecule has 3 N–H and O–H groups in total. The third kappa shape index (κ3) is 6.24. The minimum Gasteiger partial charge on any atom is -0.486 e. The van der Waals surface area contributed by atoms with E-state index in [2.05, 4.69) is 10.6 Å². The highest BCUT2D eigenvalue weighted by Gasteiger charge is 2.17. The Morgan fingerprint density at radius 3 is 2.40 bits per heavy atom. The van der Waals surface area contributed by atoms with E-state index in [9.17, 15) is 14.0 Å². The number of carboxylic acids is 1. The van der Waals surface area contributed by atoms with Gasteiger partial charge in [-0.15, -0.1) is 0 Å². The Hall–Kier alpha value is -2.51. The Morgan fingerprint density at radius 1 is 1.20 bits per heavy atom. The number of aliphatic carboxylic acids is 1. The lowest BCUT2D eigenvalue weighted by Gasteiger charge is -2.17. The number of anilines is 1. The number of aryl methyl sites for hydroxylation is 1. The second-order valence-electron chi connectivity index (χ2n) is 6.87. The molecule has 1 amide bonds. The Balaban J connectivity index is 2.20. The van der Waals surface area contributed by atoms with E-state index in [1.807, 2.05) is 20.8 Å². The molecule has 2 aromatic carbocycles. The van der Waals surface area contributed by atoms with Crippen molar-refractivity contribution in [3.8, 4) is 5.75 Å². The number of hydrogen-bond donors (Lipinski definition) is 3. The average molecular weight is 457 g/mol. The van der Waals surface area contributed by atoms with Crippen molar-refractivity contribution in [2.45, 2.75) is 39.8 Å². The summed E-state index contributed by atoms with van der Waals surface area (Å²) in [6.45, 7) is 5.17. The molecule has 0 aliphatic heterocycles. The molecular weight excluding hydrogens is 434 g/mol. The molecule has 0 aliphatic carbocycles. The van der Waals surface area contributed by atoms with Crippen LogP contribution >= 0.6 is 23.2 Å². The van der Waals surface area contributed by atoms with Crippen LogP contribution in [0.15, 0.2) is 24.3 Å². The van der Waals surface area contributed by atoms with Crippen LogP contribution in [0.1, 0.15) is 41.8 Å². The zero-order valence-corrected chi connectivity index (χ0v) is 18.3. The highest BCUT2D eigenvalue weighted by Crippen LogP contribution is 2.35. The van der Waals surface area contributed by atoms with Gasteiger partial charge in [-0.3, -0.25) is 9.59 Å². The zero-order valence-electron chi connectivity index (χ0n) is 16.8. The van der Waals surface area contributed by atoms with Gasteiger partial charge in [0.15, 0.2) is 11.6 Å². The monoisotopic (exact) mass is 456 g/mol. The summed E-state index contributed by atoms with van der Waals surface area (Å²) < 4.78 is 20.5. The van der Waals surface area contributed by atoms with Crippen LogP contribution in [0, 0.1) is 12.7 Å². The summed E-state index contributed by atoms with van der Waals surface area (Å²) in [5.74, 6) is -2.13. The van der Waals surface area contributed by atoms with Gasteiger partial charge < -0.3 is 20.5 Å². The summed E-state index contributed by atoms with van der Waals surface area (Å²) in [7, 11) is 0. The first kappa shape index (κ1) is 23.8. The number of hydrogen-bond acceptors (Lipinski definition) is 4. The number of amides is 1. The first-order valence-corrected chi connectivity index (χ1v) is 10.0. The molecule has 2 rings (SSSR count). The van der Waals surface area contributed by atoms with Crippen LogP contribution in [-0.2, 0) is 11.4 Å². The maximum absolute atomic E-state index is 14.9. The second kappa shape index (κ2) is 10.5. The fourth-order valence-electron chi connectivity index (χ4n) is 2.66. The van der Waals surface area contributed by atoms with Gasteiger partial charge in [0.25, 0.3) is 5.91 Å². The zero-order chi connectivity index (χ0) is 22.4.